The molecule has 0 bridgehead atoms. The number of hydrogen-bond acceptors (Lipinski definition) is 4. The number of amides is 1. The third-order valence-corrected chi connectivity index (χ3v) is 4.99. The minimum Gasteiger partial charge on any atom is -0.450 e. The Labute approximate surface area is 143 Å². The summed E-state index contributed by atoms with van der Waals surface area (Å²) in [7, 11) is 1.78. The summed E-state index contributed by atoms with van der Waals surface area (Å²) in [5, 5.41) is 3.37. The lowest BCUT2D eigenvalue weighted by molar-refractivity contribution is 0.0914. The standard InChI is InChI=1S/C14H21BrN4O2S/c1-3-21-14(20)19-8-6-18(7-9-19)13(16-2)17-10-11-4-5-12(15)22-11/h4-5H,3,6-10H2,1-2H3,(H,16,17). The van der Waals surface area contributed by atoms with Crippen LogP contribution in [0.1, 0.15) is 11.8 Å². The quantitative estimate of drug-likeness (QED) is 0.637. The number of nitrogens with zero attached hydrogens (tertiary/aromatic N) is 3. The number of carbonyl (C=O) groups is 1. The molecule has 6 nitrogen and oxygen atoms in total. The molecule has 0 spiro atoms. The molecule has 1 aliphatic heterocycles. The van der Waals surface area contributed by atoms with E-state index in [2.05, 4.69) is 37.2 Å². The van der Waals surface area contributed by atoms with Crippen LogP contribution < -0.4 is 5.32 Å². The van der Waals surface area contributed by atoms with Gasteiger partial charge in [0.05, 0.1) is 16.9 Å². The lowest BCUT2D eigenvalue weighted by Crippen LogP contribution is -2.53. The van der Waals surface area contributed by atoms with Crippen molar-refractivity contribution >= 4 is 39.3 Å². The first-order valence-electron chi connectivity index (χ1n) is 7.25. The smallest absolute Gasteiger partial charge is 0.409 e. The Morgan fingerprint density at radius 2 is 2.05 bits per heavy atom. The van der Waals surface area contributed by atoms with Gasteiger partial charge in [-0.1, -0.05) is 0 Å². The summed E-state index contributed by atoms with van der Waals surface area (Å²) in [6, 6.07) is 4.14. The maximum atomic E-state index is 11.7. The molecule has 1 aromatic heterocycles. The number of rotatable bonds is 3. The van der Waals surface area contributed by atoms with Gasteiger partial charge in [-0.25, -0.2) is 4.79 Å². The van der Waals surface area contributed by atoms with Gasteiger partial charge in [0.15, 0.2) is 5.96 Å². The summed E-state index contributed by atoms with van der Waals surface area (Å²) in [6.45, 7) is 5.82. The maximum absolute atomic E-state index is 11.7. The van der Waals surface area contributed by atoms with Crippen LogP contribution in [0.15, 0.2) is 20.9 Å². The van der Waals surface area contributed by atoms with E-state index in [0.29, 0.717) is 19.7 Å². The number of piperazine rings is 1. The monoisotopic (exact) mass is 388 g/mol. The van der Waals surface area contributed by atoms with Gasteiger partial charge in [-0.3, -0.25) is 4.99 Å². The summed E-state index contributed by atoms with van der Waals surface area (Å²) in [5.74, 6) is 0.869. The highest BCUT2D eigenvalue weighted by atomic mass is 79.9. The Kier molecular flexibility index (Phi) is 6.50. The number of guanidine groups is 1. The topological polar surface area (TPSA) is 57.2 Å². The SMILES string of the molecule is CCOC(=O)N1CCN(C(=NC)NCc2ccc(Br)s2)CC1. The van der Waals surface area contributed by atoms with E-state index in [4.69, 9.17) is 4.74 Å². The van der Waals surface area contributed by atoms with E-state index in [0.717, 1.165) is 29.4 Å². The summed E-state index contributed by atoms with van der Waals surface area (Å²) in [4.78, 5) is 21.2. The molecule has 1 aromatic rings. The fraction of sp³-hybridized carbons (Fsp3) is 0.571. The first-order valence-corrected chi connectivity index (χ1v) is 8.86. The van der Waals surface area contributed by atoms with Gasteiger partial charge in [0.25, 0.3) is 0 Å². The molecule has 0 atom stereocenters. The first kappa shape index (κ1) is 17.1. The number of carbonyl (C=O) groups excluding carboxylic acids is 1. The Bertz CT molecular complexity index is 527. The van der Waals surface area contributed by atoms with Crippen LogP contribution >= 0.6 is 27.3 Å². The van der Waals surface area contributed by atoms with E-state index in [-0.39, 0.29) is 6.09 Å². The normalized spacial score (nSPS) is 15.9. The van der Waals surface area contributed by atoms with Crippen LogP contribution in [0.5, 0.6) is 0 Å². The molecule has 0 saturated carbocycles. The Morgan fingerprint density at radius 3 is 2.59 bits per heavy atom. The number of hydrogen-bond donors (Lipinski definition) is 1. The predicted molar refractivity (Wildman–Crippen MR) is 92.4 cm³/mol. The molecular formula is C14H21BrN4O2S. The van der Waals surface area contributed by atoms with E-state index < -0.39 is 0 Å². The zero-order valence-corrected chi connectivity index (χ0v) is 15.2. The van der Waals surface area contributed by atoms with Crippen LogP contribution in [0.3, 0.4) is 0 Å². The average Bonchev–Trinajstić information content (AvgIpc) is 2.94. The first-order chi connectivity index (χ1) is 10.6. The van der Waals surface area contributed by atoms with Crippen molar-refractivity contribution in [1.29, 1.82) is 0 Å². The second kappa shape index (κ2) is 8.38. The highest BCUT2D eigenvalue weighted by molar-refractivity contribution is 9.11. The number of nitrogens with one attached hydrogen (secondary N) is 1. The molecule has 0 aromatic carbocycles. The predicted octanol–water partition coefficient (Wildman–Crippen LogP) is 2.36. The summed E-state index contributed by atoms with van der Waals surface area (Å²) in [6.07, 6.45) is -0.228. The van der Waals surface area contributed by atoms with Crippen molar-refractivity contribution in [1.82, 2.24) is 15.1 Å². The van der Waals surface area contributed by atoms with Crippen LogP contribution in [-0.2, 0) is 11.3 Å². The molecule has 1 saturated heterocycles. The van der Waals surface area contributed by atoms with Crippen LogP contribution in [0.2, 0.25) is 0 Å². The van der Waals surface area contributed by atoms with Gasteiger partial charge in [0, 0.05) is 38.1 Å². The van der Waals surface area contributed by atoms with Crippen LogP contribution in [0.4, 0.5) is 4.79 Å². The molecule has 0 unspecified atom stereocenters. The second-order valence-electron chi connectivity index (χ2n) is 4.78. The Morgan fingerprint density at radius 1 is 1.36 bits per heavy atom. The van der Waals surface area contributed by atoms with Gasteiger partial charge in [0.2, 0.25) is 0 Å². The van der Waals surface area contributed by atoms with Crippen molar-refractivity contribution in [3.05, 3.63) is 20.8 Å². The van der Waals surface area contributed by atoms with Crippen LogP contribution in [0, 0.1) is 0 Å². The summed E-state index contributed by atoms with van der Waals surface area (Å²) >= 11 is 5.17. The third kappa shape index (κ3) is 4.61. The number of aliphatic imine (C=N–C) groups is 1. The highest BCUT2D eigenvalue weighted by Gasteiger charge is 2.23. The molecule has 22 heavy (non-hydrogen) atoms. The molecule has 1 N–H and O–H groups in total. The lowest BCUT2D eigenvalue weighted by Gasteiger charge is -2.35. The van der Waals surface area contributed by atoms with Crippen molar-refractivity contribution in [2.24, 2.45) is 4.99 Å². The van der Waals surface area contributed by atoms with Crippen molar-refractivity contribution in [2.45, 2.75) is 13.5 Å². The molecular weight excluding hydrogens is 368 g/mol. The highest BCUT2D eigenvalue weighted by Crippen LogP contribution is 2.21. The maximum Gasteiger partial charge on any atom is 0.409 e. The minimum atomic E-state index is -0.228. The molecule has 8 heteroatoms. The molecule has 2 rings (SSSR count). The van der Waals surface area contributed by atoms with Gasteiger partial charge in [0.1, 0.15) is 0 Å². The van der Waals surface area contributed by atoms with Crippen LogP contribution in [0.25, 0.3) is 0 Å². The van der Waals surface area contributed by atoms with Crippen molar-refractivity contribution in [3.8, 4) is 0 Å². The lowest BCUT2D eigenvalue weighted by atomic mass is 10.3. The molecule has 1 fully saturated rings. The van der Waals surface area contributed by atoms with Gasteiger partial charge >= 0.3 is 6.09 Å². The molecule has 0 radical (unpaired) electrons. The third-order valence-electron chi connectivity index (χ3n) is 3.37. The molecule has 2 heterocycles. The molecule has 0 aliphatic carbocycles. The summed E-state index contributed by atoms with van der Waals surface area (Å²) < 4.78 is 6.16. The van der Waals surface area contributed by atoms with E-state index in [9.17, 15) is 4.79 Å². The average molecular weight is 389 g/mol. The van der Waals surface area contributed by atoms with E-state index >= 15 is 0 Å². The number of thiophene rings is 1. The van der Waals surface area contributed by atoms with Crippen molar-refractivity contribution in [2.75, 3.05) is 39.8 Å². The van der Waals surface area contributed by atoms with Gasteiger partial charge < -0.3 is 19.9 Å². The zero-order chi connectivity index (χ0) is 15.9. The van der Waals surface area contributed by atoms with Crippen molar-refractivity contribution < 1.29 is 9.53 Å². The van der Waals surface area contributed by atoms with E-state index in [1.807, 2.05) is 13.0 Å². The number of ether oxygens (including phenoxy) is 1. The van der Waals surface area contributed by atoms with E-state index in [1.54, 1.807) is 23.3 Å². The zero-order valence-electron chi connectivity index (χ0n) is 12.8. The Hall–Kier alpha value is -1.28. The number of halogens is 1. The molecule has 1 aliphatic rings. The van der Waals surface area contributed by atoms with E-state index in [1.165, 1.54) is 4.88 Å². The van der Waals surface area contributed by atoms with Crippen LogP contribution in [-0.4, -0.2) is 61.7 Å². The second-order valence-corrected chi connectivity index (χ2v) is 7.33. The fourth-order valence-electron chi connectivity index (χ4n) is 2.26. The summed E-state index contributed by atoms with van der Waals surface area (Å²) in [5.41, 5.74) is 0. The Balaban J connectivity index is 1.82. The minimum absolute atomic E-state index is 0.228. The largest absolute Gasteiger partial charge is 0.450 e. The van der Waals surface area contributed by atoms with Crippen molar-refractivity contribution in [3.63, 3.8) is 0 Å². The van der Waals surface area contributed by atoms with Gasteiger partial charge in [-0.2, -0.15) is 0 Å². The van der Waals surface area contributed by atoms with Gasteiger partial charge in [-0.15, -0.1) is 11.3 Å². The molecule has 122 valence electrons. The van der Waals surface area contributed by atoms with Gasteiger partial charge in [-0.05, 0) is 35.0 Å². The fourth-order valence-corrected chi connectivity index (χ4v) is 3.68. The molecule has 1 amide bonds.